The van der Waals surface area contributed by atoms with Gasteiger partial charge in [-0.05, 0) is 51.4 Å². The molecular formula is C44H79O13P. The van der Waals surface area contributed by atoms with Crippen LogP contribution in [0.2, 0.25) is 0 Å². The highest BCUT2D eigenvalue weighted by Gasteiger charge is 2.39. The third-order valence-electron chi connectivity index (χ3n) is 10.5. The summed E-state index contributed by atoms with van der Waals surface area (Å²) in [6.07, 6.45) is 26.1. The number of unbranched alkanes of at least 4 members (excludes halogenated alkanes) is 16. The van der Waals surface area contributed by atoms with Crippen molar-refractivity contribution in [1.29, 1.82) is 0 Å². The van der Waals surface area contributed by atoms with Crippen LogP contribution >= 0.6 is 7.82 Å². The van der Waals surface area contributed by atoms with Crippen LogP contribution in [0.15, 0.2) is 24.3 Å². The number of hydrogen-bond donors (Lipinski definition) is 5. The number of phosphoric acid groups is 1. The minimum atomic E-state index is -4.68. The van der Waals surface area contributed by atoms with Crippen molar-refractivity contribution in [3.8, 4) is 0 Å². The maximum atomic E-state index is 12.7. The third kappa shape index (κ3) is 28.5. The quantitative estimate of drug-likeness (QED) is 0.0172. The van der Waals surface area contributed by atoms with Crippen molar-refractivity contribution in [2.24, 2.45) is 11.8 Å². The first-order chi connectivity index (χ1) is 27.9. The van der Waals surface area contributed by atoms with E-state index in [1.54, 1.807) is 12.2 Å². The van der Waals surface area contributed by atoms with E-state index < -0.39 is 70.6 Å². The number of rotatable bonds is 38. The van der Waals surface area contributed by atoms with Crippen LogP contribution in [0.3, 0.4) is 0 Å². The standard InChI is InChI=1S/C44H79O13P/c1-3-5-7-8-9-10-11-12-13-14-15-16-17-18-24-28-44(51)57-38(35-56-58(52,53)55-33-37(47)32-45)34-54-43(50)27-23-20-19-22-26-39-40(42(49)31-41(39)48)30-29-36(46)25-21-6-4-2/h10-11,29-30,36-40,42,45-47,49H,3-9,12-28,31-35H2,1-2H3,(H,52,53)/b11-10-,30-29+/t36-,37-,38+,39+,40+,42+/m0/s1. The molecule has 0 bridgehead atoms. The van der Waals surface area contributed by atoms with E-state index in [-0.39, 0.29) is 36.9 Å². The van der Waals surface area contributed by atoms with E-state index in [9.17, 15) is 39.2 Å². The lowest BCUT2D eigenvalue weighted by atomic mass is 9.88. The number of esters is 2. The Morgan fingerprint density at radius 2 is 1.31 bits per heavy atom. The first-order valence-corrected chi connectivity index (χ1v) is 23.9. The minimum Gasteiger partial charge on any atom is -0.462 e. The number of aliphatic hydroxyl groups is 4. The number of carbonyl (C=O) groups is 3. The highest BCUT2D eigenvalue weighted by Crippen LogP contribution is 2.43. The van der Waals surface area contributed by atoms with E-state index in [4.69, 9.17) is 19.1 Å². The molecule has 1 aliphatic carbocycles. The maximum absolute atomic E-state index is 12.7. The van der Waals surface area contributed by atoms with Gasteiger partial charge in [0.05, 0.1) is 32.0 Å². The molecule has 1 unspecified atom stereocenters. The molecule has 0 heterocycles. The van der Waals surface area contributed by atoms with Crippen molar-refractivity contribution in [3.05, 3.63) is 24.3 Å². The molecular weight excluding hydrogens is 767 g/mol. The SMILES string of the molecule is CCCCCC/C=C\CCCCCCCCCC(=O)O[C@H](COC(=O)CCCCCC[C@H]1C(=O)C[C@@H](O)[C@@H]1/C=C/[C@@H](O)CCCCC)COP(=O)(O)OC[C@@H](O)CO. The topological polar surface area (TPSA) is 206 Å². The van der Waals surface area contributed by atoms with Crippen LogP contribution in [0.25, 0.3) is 0 Å². The fourth-order valence-electron chi connectivity index (χ4n) is 6.94. The summed E-state index contributed by atoms with van der Waals surface area (Å²) in [7, 11) is -4.68. The molecule has 14 heteroatoms. The fourth-order valence-corrected chi connectivity index (χ4v) is 7.73. The summed E-state index contributed by atoms with van der Waals surface area (Å²) in [5.74, 6) is -1.66. The molecule has 58 heavy (non-hydrogen) atoms. The first kappa shape index (κ1) is 54.1. The molecule has 0 spiro atoms. The van der Waals surface area contributed by atoms with E-state index in [1.165, 1.54) is 44.9 Å². The van der Waals surface area contributed by atoms with Crippen molar-refractivity contribution in [1.82, 2.24) is 0 Å². The zero-order chi connectivity index (χ0) is 42.9. The summed E-state index contributed by atoms with van der Waals surface area (Å²) >= 11 is 0. The molecule has 0 saturated heterocycles. The molecule has 13 nitrogen and oxygen atoms in total. The van der Waals surface area contributed by atoms with Gasteiger partial charge < -0.3 is 34.8 Å². The summed E-state index contributed by atoms with van der Waals surface area (Å²) in [6, 6.07) is 0. The lowest BCUT2D eigenvalue weighted by Crippen LogP contribution is -2.29. The Bertz CT molecular complexity index is 1180. The van der Waals surface area contributed by atoms with Gasteiger partial charge in [0, 0.05) is 31.1 Å². The van der Waals surface area contributed by atoms with Gasteiger partial charge >= 0.3 is 19.8 Å². The molecule has 1 saturated carbocycles. The monoisotopic (exact) mass is 847 g/mol. The number of Topliss-reactive ketones (excluding diaryl/α,β-unsaturated/α-hetero) is 1. The average Bonchev–Trinajstić information content (AvgIpc) is 3.47. The van der Waals surface area contributed by atoms with E-state index in [0.29, 0.717) is 32.1 Å². The summed E-state index contributed by atoms with van der Waals surface area (Å²) in [5.41, 5.74) is 0. The highest BCUT2D eigenvalue weighted by atomic mass is 31.2. The molecule has 0 aromatic carbocycles. The van der Waals surface area contributed by atoms with E-state index >= 15 is 0 Å². The first-order valence-electron chi connectivity index (χ1n) is 22.4. The van der Waals surface area contributed by atoms with Crippen molar-refractivity contribution in [2.75, 3.05) is 26.4 Å². The molecule has 0 radical (unpaired) electrons. The second-order valence-corrected chi connectivity index (χ2v) is 17.3. The highest BCUT2D eigenvalue weighted by molar-refractivity contribution is 7.47. The van der Waals surface area contributed by atoms with Crippen LogP contribution in [0, 0.1) is 11.8 Å². The van der Waals surface area contributed by atoms with Crippen molar-refractivity contribution in [2.45, 2.75) is 199 Å². The molecule has 0 aromatic heterocycles. The summed E-state index contributed by atoms with van der Waals surface area (Å²) < 4.78 is 32.7. The number of phosphoric ester groups is 1. The Morgan fingerprint density at radius 1 is 0.759 bits per heavy atom. The molecule has 1 fully saturated rings. The summed E-state index contributed by atoms with van der Waals surface area (Å²) in [4.78, 5) is 47.8. The van der Waals surface area contributed by atoms with E-state index in [2.05, 4.69) is 30.5 Å². The van der Waals surface area contributed by atoms with Crippen LogP contribution in [0.1, 0.15) is 174 Å². The normalized spacial score (nSPS) is 19.8. The number of aliphatic hydroxyl groups excluding tert-OH is 4. The second-order valence-electron chi connectivity index (χ2n) is 15.8. The van der Waals surface area contributed by atoms with Gasteiger partial charge in [-0.3, -0.25) is 23.4 Å². The van der Waals surface area contributed by atoms with Gasteiger partial charge in [0.2, 0.25) is 0 Å². The Balaban J connectivity index is 2.43. The van der Waals surface area contributed by atoms with E-state index in [1.807, 2.05) is 0 Å². The molecule has 1 rings (SSSR count). The van der Waals surface area contributed by atoms with Gasteiger partial charge in [0.15, 0.2) is 6.10 Å². The Morgan fingerprint density at radius 3 is 1.95 bits per heavy atom. The van der Waals surface area contributed by atoms with Crippen LogP contribution in [0.4, 0.5) is 0 Å². The molecule has 1 aliphatic rings. The van der Waals surface area contributed by atoms with Crippen molar-refractivity contribution in [3.63, 3.8) is 0 Å². The predicted molar refractivity (Wildman–Crippen MR) is 225 cm³/mol. The van der Waals surface area contributed by atoms with E-state index in [0.717, 1.165) is 64.2 Å². The minimum absolute atomic E-state index is 0.0327. The molecule has 7 atom stereocenters. The van der Waals surface area contributed by atoms with Gasteiger partial charge in [0.25, 0.3) is 0 Å². The smallest absolute Gasteiger partial charge is 0.462 e. The van der Waals surface area contributed by atoms with Gasteiger partial charge in [-0.15, -0.1) is 0 Å². The number of carbonyl (C=O) groups excluding carboxylic acids is 3. The lowest BCUT2D eigenvalue weighted by molar-refractivity contribution is -0.161. The number of hydrogen-bond acceptors (Lipinski definition) is 12. The zero-order valence-electron chi connectivity index (χ0n) is 35.7. The Labute approximate surface area is 349 Å². The third-order valence-corrected chi connectivity index (χ3v) is 11.4. The van der Waals surface area contributed by atoms with Crippen LogP contribution in [-0.4, -0.2) is 93.9 Å². The summed E-state index contributed by atoms with van der Waals surface area (Å²) in [5, 5.41) is 39.1. The molecule has 5 N–H and O–H groups in total. The van der Waals surface area contributed by atoms with Gasteiger partial charge in [0.1, 0.15) is 18.5 Å². The molecule has 0 aliphatic heterocycles. The van der Waals surface area contributed by atoms with Crippen molar-refractivity contribution >= 4 is 25.5 Å². The van der Waals surface area contributed by atoms with Gasteiger partial charge in [-0.25, -0.2) is 4.57 Å². The number of allylic oxidation sites excluding steroid dienone is 2. The second kappa shape index (κ2) is 34.7. The lowest BCUT2D eigenvalue weighted by Gasteiger charge is -2.20. The number of ether oxygens (including phenoxy) is 2. The van der Waals surface area contributed by atoms with Gasteiger partial charge in [-0.1, -0.05) is 128 Å². The maximum Gasteiger partial charge on any atom is 0.472 e. The van der Waals surface area contributed by atoms with Crippen LogP contribution in [-0.2, 0) is 37.5 Å². The number of ketones is 1. The fraction of sp³-hybridized carbons (Fsp3) is 0.841. The predicted octanol–water partition coefficient (Wildman–Crippen LogP) is 8.37. The van der Waals surface area contributed by atoms with Gasteiger partial charge in [-0.2, -0.15) is 0 Å². The zero-order valence-corrected chi connectivity index (χ0v) is 36.6. The Hall–Kier alpha value is -1.96. The van der Waals surface area contributed by atoms with Crippen LogP contribution in [0.5, 0.6) is 0 Å². The summed E-state index contributed by atoms with van der Waals surface area (Å²) in [6.45, 7) is 1.99. The largest absolute Gasteiger partial charge is 0.472 e. The molecule has 0 aromatic rings. The molecule has 338 valence electrons. The van der Waals surface area contributed by atoms with Crippen molar-refractivity contribution < 1.29 is 62.8 Å². The average molecular weight is 847 g/mol. The molecule has 0 amide bonds. The Kier molecular flexibility index (Phi) is 32.4. The van der Waals surface area contributed by atoms with Crippen LogP contribution < -0.4 is 0 Å².